The zero-order valence-corrected chi connectivity index (χ0v) is 18.7. The van der Waals surface area contributed by atoms with Crippen LogP contribution in [0.25, 0.3) is 22.1 Å². The van der Waals surface area contributed by atoms with Crippen LogP contribution in [0.5, 0.6) is 0 Å². The van der Waals surface area contributed by atoms with Crippen LogP contribution in [0.1, 0.15) is 44.9 Å². The maximum atomic E-state index is 12.9. The molecule has 164 valence electrons. The minimum atomic E-state index is -0.427. The first-order valence-corrected chi connectivity index (χ1v) is 12.0. The maximum Gasteiger partial charge on any atom is 0.344 e. The van der Waals surface area contributed by atoms with Crippen LogP contribution in [0.4, 0.5) is 5.69 Å². The highest BCUT2D eigenvalue weighted by molar-refractivity contribution is 6.33. The van der Waals surface area contributed by atoms with Gasteiger partial charge < -0.3 is 9.73 Å². The molecule has 0 spiro atoms. The van der Waals surface area contributed by atoms with Gasteiger partial charge >= 0.3 is 5.63 Å². The third kappa shape index (κ3) is 3.55. The second-order valence-electron chi connectivity index (χ2n) is 10.3. The molecule has 0 aliphatic heterocycles. The van der Waals surface area contributed by atoms with Crippen LogP contribution >= 0.6 is 11.6 Å². The number of hydrogen-bond acceptors (Lipinski definition) is 3. The van der Waals surface area contributed by atoms with Crippen LogP contribution < -0.4 is 10.9 Å². The summed E-state index contributed by atoms with van der Waals surface area (Å²) in [5.74, 6) is 2.56. The largest absolute Gasteiger partial charge is 0.422 e. The molecule has 4 saturated carbocycles. The number of hydrogen-bond donors (Lipinski definition) is 1. The molecule has 4 bridgehead atoms. The molecule has 0 atom stereocenters. The van der Waals surface area contributed by atoms with E-state index in [4.69, 9.17) is 16.0 Å². The zero-order valence-electron chi connectivity index (χ0n) is 17.9. The number of carbonyl (C=O) groups excluding carboxylic acids is 1. The van der Waals surface area contributed by atoms with E-state index in [1.165, 1.54) is 38.5 Å². The molecule has 7 rings (SSSR count). The van der Waals surface area contributed by atoms with Gasteiger partial charge in [0.15, 0.2) is 0 Å². The number of rotatable bonds is 4. The molecule has 1 heterocycles. The highest BCUT2D eigenvalue weighted by atomic mass is 35.5. The Morgan fingerprint density at radius 3 is 2.34 bits per heavy atom. The van der Waals surface area contributed by atoms with Crippen molar-refractivity contribution in [3.63, 3.8) is 0 Å². The molecule has 5 heteroatoms. The van der Waals surface area contributed by atoms with Gasteiger partial charge in [-0.05, 0) is 86.0 Å². The van der Waals surface area contributed by atoms with Crippen LogP contribution in [0.15, 0.2) is 57.7 Å². The average Bonchev–Trinajstić information content (AvgIpc) is 2.72. The molecule has 4 aliphatic carbocycles. The van der Waals surface area contributed by atoms with Gasteiger partial charge in [-0.1, -0.05) is 35.9 Å². The van der Waals surface area contributed by atoms with Crippen molar-refractivity contribution in [3.8, 4) is 11.1 Å². The van der Waals surface area contributed by atoms with Crippen molar-refractivity contribution < 1.29 is 9.21 Å². The van der Waals surface area contributed by atoms with E-state index in [0.29, 0.717) is 33.8 Å². The summed E-state index contributed by atoms with van der Waals surface area (Å²) in [5.41, 5.74) is 2.01. The number of nitrogens with one attached hydrogen (secondary N) is 1. The Morgan fingerprint density at radius 1 is 0.969 bits per heavy atom. The smallest absolute Gasteiger partial charge is 0.344 e. The third-order valence-corrected chi connectivity index (χ3v) is 8.20. The Kier molecular flexibility index (Phi) is 4.69. The molecule has 4 aliphatic rings. The molecule has 0 saturated heterocycles. The Morgan fingerprint density at radius 2 is 1.66 bits per heavy atom. The fraction of sp³-hybridized carbons (Fsp3) is 0.407. The molecule has 4 nitrogen and oxygen atoms in total. The van der Waals surface area contributed by atoms with E-state index >= 15 is 0 Å². The van der Waals surface area contributed by atoms with Crippen molar-refractivity contribution in [1.82, 2.24) is 0 Å². The van der Waals surface area contributed by atoms with E-state index in [1.807, 2.05) is 24.3 Å². The molecule has 3 aromatic rings. The number of carbonyl (C=O) groups is 1. The second-order valence-corrected chi connectivity index (χ2v) is 10.7. The van der Waals surface area contributed by atoms with Gasteiger partial charge in [0, 0.05) is 23.1 Å². The minimum absolute atomic E-state index is 0.0704. The predicted octanol–water partition coefficient (Wildman–Crippen LogP) is 6.66. The summed E-state index contributed by atoms with van der Waals surface area (Å²) >= 11 is 6.54. The van der Waals surface area contributed by atoms with Crippen LogP contribution in [-0.4, -0.2) is 5.91 Å². The van der Waals surface area contributed by atoms with E-state index in [0.717, 1.165) is 23.1 Å². The van der Waals surface area contributed by atoms with Gasteiger partial charge in [0.1, 0.15) is 5.58 Å². The molecular formula is C27H26ClNO3. The van der Waals surface area contributed by atoms with Crippen LogP contribution in [0.3, 0.4) is 0 Å². The Balaban J connectivity index is 1.21. The average molecular weight is 448 g/mol. The van der Waals surface area contributed by atoms with Gasteiger partial charge in [-0.15, -0.1) is 0 Å². The summed E-state index contributed by atoms with van der Waals surface area (Å²) in [4.78, 5) is 25.4. The molecular weight excluding hydrogens is 422 g/mol. The molecule has 0 radical (unpaired) electrons. The lowest BCUT2D eigenvalue weighted by Gasteiger charge is -2.56. The summed E-state index contributed by atoms with van der Waals surface area (Å²) in [7, 11) is 0. The van der Waals surface area contributed by atoms with E-state index < -0.39 is 5.63 Å². The van der Waals surface area contributed by atoms with E-state index in [2.05, 4.69) is 5.32 Å². The molecule has 2 aromatic carbocycles. The summed E-state index contributed by atoms with van der Waals surface area (Å²) in [6.45, 7) is 0. The Labute approximate surface area is 192 Å². The van der Waals surface area contributed by atoms with Gasteiger partial charge in [-0.25, -0.2) is 4.79 Å². The molecule has 0 unspecified atom stereocenters. The lowest BCUT2D eigenvalue weighted by molar-refractivity contribution is -0.124. The first-order chi connectivity index (χ1) is 15.5. The van der Waals surface area contributed by atoms with E-state index in [1.54, 1.807) is 24.3 Å². The lowest BCUT2D eigenvalue weighted by Crippen LogP contribution is -2.47. The number of halogens is 1. The van der Waals surface area contributed by atoms with Crippen LogP contribution in [0.2, 0.25) is 5.02 Å². The van der Waals surface area contributed by atoms with E-state index in [-0.39, 0.29) is 11.3 Å². The first kappa shape index (κ1) is 20.0. The highest BCUT2D eigenvalue weighted by Crippen LogP contribution is 2.61. The van der Waals surface area contributed by atoms with Gasteiger partial charge in [0.05, 0.1) is 10.6 Å². The van der Waals surface area contributed by atoms with Crippen LogP contribution in [0, 0.1) is 23.2 Å². The summed E-state index contributed by atoms with van der Waals surface area (Å²) < 4.78 is 5.45. The summed E-state index contributed by atoms with van der Waals surface area (Å²) in [6.07, 6.45) is 8.36. The highest BCUT2D eigenvalue weighted by Gasteiger charge is 2.51. The third-order valence-electron chi connectivity index (χ3n) is 7.89. The molecule has 1 amide bonds. The van der Waals surface area contributed by atoms with Gasteiger partial charge in [0.25, 0.3) is 0 Å². The molecule has 1 N–H and O–H groups in total. The van der Waals surface area contributed by atoms with Crippen molar-refractivity contribution in [2.45, 2.75) is 44.9 Å². The van der Waals surface area contributed by atoms with Crippen LogP contribution in [-0.2, 0) is 4.79 Å². The molecule has 4 fully saturated rings. The summed E-state index contributed by atoms with van der Waals surface area (Å²) in [6, 6.07) is 14.5. The Hall–Kier alpha value is -2.59. The lowest BCUT2D eigenvalue weighted by atomic mass is 9.49. The van der Waals surface area contributed by atoms with Gasteiger partial charge in [-0.2, -0.15) is 0 Å². The summed E-state index contributed by atoms with van der Waals surface area (Å²) in [5, 5.41) is 4.31. The SMILES string of the molecule is O=C(CC12CC3CC(CC(C3)C1)C2)Nc1ccc(-c2cc3ccccc3oc2=O)c(Cl)c1. The first-order valence-electron chi connectivity index (χ1n) is 11.6. The number of para-hydroxylation sites is 1. The maximum absolute atomic E-state index is 12.9. The molecule has 32 heavy (non-hydrogen) atoms. The zero-order chi connectivity index (χ0) is 21.9. The fourth-order valence-electron chi connectivity index (χ4n) is 7.11. The van der Waals surface area contributed by atoms with Gasteiger partial charge in [-0.3, -0.25) is 4.79 Å². The van der Waals surface area contributed by atoms with Crippen molar-refractivity contribution in [2.24, 2.45) is 23.2 Å². The topological polar surface area (TPSA) is 59.3 Å². The number of amides is 1. The quantitative estimate of drug-likeness (QED) is 0.455. The second kappa shape index (κ2) is 7.48. The molecule has 1 aromatic heterocycles. The fourth-order valence-corrected chi connectivity index (χ4v) is 7.40. The standard InChI is InChI=1S/C27H26ClNO3/c28-23-11-20(5-6-21(23)22-10-19-3-1-2-4-24(19)32-26(22)31)29-25(30)15-27-12-16-7-17(13-27)9-18(8-16)14-27/h1-6,10-11,16-18H,7-9,12-15H2,(H,29,30). The van der Waals surface area contributed by atoms with Crippen molar-refractivity contribution in [2.75, 3.05) is 5.32 Å². The van der Waals surface area contributed by atoms with Gasteiger partial charge in [0.2, 0.25) is 5.91 Å². The minimum Gasteiger partial charge on any atom is -0.422 e. The van der Waals surface area contributed by atoms with Crippen molar-refractivity contribution >= 4 is 34.2 Å². The predicted molar refractivity (Wildman–Crippen MR) is 127 cm³/mol. The monoisotopic (exact) mass is 447 g/mol. The normalized spacial score (nSPS) is 28.2. The van der Waals surface area contributed by atoms with Crippen molar-refractivity contribution in [3.05, 3.63) is 64.0 Å². The van der Waals surface area contributed by atoms with Crippen molar-refractivity contribution in [1.29, 1.82) is 0 Å². The van der Waals surface area contributed by atoms with E-state index in [9.17, 15) is 9.59 Å². The Bertz CT molecular complexity index is 1240. The number of benzene rings is 2. The number of fused-ring (bicyclic) bond motifs is 1. The number of anilines is 1.